The number of aryl methyl sites for hydroxylation is 1. The lowest BCUT2D eigenvalue weighted by molar-refractivity contribution is -0.682. The van der Waals surface area contributed by atoms with Crippen LogP contribution in [0.2, 0.25) is 5.02 Å². The van der Waals surface area contributed by atoms with E-state index in [1.165, 1.54) is 6.07 Å². The van der Waals surface area contributed by atoms with Crippen LogP contribution < -0.4 is 10.6 Å². The molecule has 6 heteroatoms. The number of hydrogen-bond donors (Lipinski definition) is 2. The van der Waals surface area contributed by atoms with Crippen LogP contribution in [-0.4, -0.2) is 12.5 Å². The predicted molar refractivity (Wildman–Crippen MR) is 86.4 cm³/mol. The van der Waals surface area contributed by atoms with Crippen molar-refractivity contribution in [3.63, 3.8) is 0 Å². The normalized spacial score (nSPS) is 12.0. The van der Waals surface area contributed by atoms with Gasteiger partial charge in [0.1, 0.15) is 6.04 Å². The molecule has 0 aliphatic heterocycles. The number of amides is 1. The summed E-state index contributed by atoms with van der Waals surface area (Å²) in [7, 11) is 0. The van der Waals surface area contributed by atoms with Gasteiger partial charge in [0.2, 0.25) is 0 Å². The van der Waals surface area contributed by atoms with Gasteiger partial charge in [-0.05, 0) is 49.7 Å². The lowest BCUT2D eigenvalue weighted by Gasteiger charge is -2.12. The van der Waals surface area contributed by atoms with Gasteiger partial charge in [-0.15, -0.1) is 0 Å². The predicted octanol–water partition coefficient (Wildman–Crippen LogP) is 3.19. The lowest BCUT2D eigenvalue weighted by atomic mass is 10.1. The van der Waals surface area contributed by atoms with Gasteiger partial charge in [0.05, 0.1) is 10.7 Å². The quantitative estimate of drug-likeness (QED) is 0.863. The van der Waals surface area contributed by atoms with Gasteiger partial charge >= 0.3 is 0 Å². The Bertz CT molecular complexity index is 722. The van der Waals surface area contributed by atoms with Crippen LogP contribution in [0.25, 0.3) is 0 Å². The molecule has 0 radical (unpaired) electrons. The third kappa shape index (κ3) is 4.74. The standard InChI is InChI=1S/C17H17ClF2N2O/c1-10-3-6-16(13(18)7-10)22-17(23)9-21-11(2)12-4-5-14(19)15(20)8-12/h3-8,11,21H,9H2,1-2H3,(H,22,23)/p+1/t11-/m1/s1. The minimum atomic E-state index is -0.890. The van der Waals surface area contributed by atoms with Crippen LogP contribution in [0.3, 0.4) is 0 Å². The second-order valence-corrected chi connectivity index (χ2v) is 5.84. The number of nitrogens with two attached hydrogens (primary N) is 1. The zero-order valence-electron chi connectivity index (χ0n) is 12.9. The maximum Gasteiger partial charge on any atom is 0.279 e. The third-order valence-electron chi connectivity index (χ3n) is 3.52. The summed E-state index contributed by atoms with van der Waals surface area (Å²) >= 11 is 6.06. The molecule has 0 unspecified atom stereocenters. The molecule has 0 heterocycles. The Morgan fingerprint density at radius 2 is 1.96 bits per heavy atom. The molecule has 0 spiro atoms. The number of halogens is 3. The third-order valence-corrected chi connectivity index (χ3v) is 3.84. The number of anilines is 1. The molecule has 3 nitrogen and oxygen atoms in total. The molecule has 0 bridgehead atoms. The lowest BCUT2D eigenvalue weighted by Crippen LogP contribution is -2.86. The van der Waals surface area contributed by atoms with Gasteiger partial charge in [-0.2, -0.15) is 0 Å². The zero-order valence-corrected chi connectivity index (χ0v) is 13.6. The molecule has 3 N–H and O–H groups in total. The summed E-state index contributed by atoms with van der Waals surface area (Å²) in [5, 5.41) is 4.95. The summed E-state index contributed by atoms with van der Waals surface area (Å²) < 4.78 is 26.1. The number of benzene rings is 2. The first kappa shape index (κ1) is 17.4. The minimum Gasteiger partial charge on any atom is -0.333 e. The topological polar surface area (TPSA) is 45.7 Å². The van der Waals surface area contributed by atoms with Gasteiger partial charge in [-0.3, -0.25) is 4.79 Å². The van der Waals surface area contributed by atoms with Gasteiger partial charge in [-0.1, -0.05) is 17.7 Å². The molecule has 2 rings (SSSR count). The fraction of sp³-hybridized carbons (Fsp3) is 0.235. The van der Waals surface area contributed by atoms with E-state index in [1.54, 1.807) is 17.4 Å². The van der Waals surface area contributed by atoms with Crippen molar-refractivity contribution in [1.82, 2.24) is 0 Å². The highest BCUT2D eigenvalue weighted by Gasteiger charge is 2.14. The van der Waals surface area contributed by atoms with Gasteiger partial charge in [0.15, 0.2) is 18.2 Å². The van der Waals surface area contributed by atoms with Crippen molar-refractivity contribution in [1.29, 1.82) is 0 Å². The van der Waals surface area contributed by atoms with Crippen molar-refractivity contribution >= 4 is 23.2 Å². The monoisotopic (exact) mass is 339 g/mol. The number of carbonyl (C=O) groups excluding carboxylic acids is 1. The van der Waals surface area contributed by atoms with E-state index in [0.29, 0.717) is 16.3 Å². The number of hydrogen-bond acceptors (Lipinski definition) is 1. The number of nitrogens with one attached hydrogen (secondary N) is 1. The maximum absolute atomic E-state index is 13.2. The Balaban J connectivity index is 1.91. The molecule has 0 saturated heterocycles. The summed E-state index contributed by atoms with van der Waals surface area (Å²) in [6.45, 7) is 3.87. The summed E-state index contributed by atoms with van der Waals surface area (Å²) in [6, 6.07) is 8.93. The second-order valence-electron chi connectivity index (χ2n) is 5.43. The fourth-order valence-corrected chi connectivity index (χ4v) is 2.42. The van der Waals surface area contributed by atoms with Crippen molar-refractivity contribution in [2.75, 3.05) is 11.9 Å². The smallest absolute Gasteiger partial charge is 0.279 e. The molecule has 23 heavy (non-hydrogen) atoms. The Hall–Kier alpha value is -1.98. The number of carbonyl (C=O) groups is 1. The van der Waals surface area contributed by atoms with E-state index in [-0.39, 0.29) is 18.5 Å². The zero-order chi connectivity index (χ0) is 17.0. The van der Waals surface area contributed by atoms with Crippen LogP contribution in [0.15, 0.2) is 36.4 Å². The highest BCUT2D eigenvalue weighted by molar-refractivity contribution is 6.33. The Morgan fingerprint density at radius 3 is 2.61 bits per heavy atom. The Kier molecular flexibility index (Phi) is 5.69. The van der Waals surface area contributed by atoms with Crippen molar-refractivity contribution in [2.45, 2.75) is 19.9 Å². The molecule has 0 fully saturated rings. The van der Waals surface area contributed by atoms with Gasteiger partial charge < -0.3 is 10.6 Å². The first-order valence-corrected chi connectivity index (χ1v) is 7.59. The van der Waals surface area contributed by atoms with Crippen LogP contribution in [0, 0.1) is 18.6 Å². The van der Waals surface area contributed by atoms with Crippen molar-refractivity contribution < 1.29 is 18.9 Å². The molecule has 0 aliphatic rings. The summed E-state index contributed by atoms with van der Waals surface area (Å²) in [6.07, 6.45) is 0. The molecular formula is C17H18ClF2N2O+. The van der Waals surface area contributed by atoms with Gasteiger partial charge in [0.25, 0.3) is 5.91 Å². The molecule has 2 aromatic rings. The van der Waals surface area contributed by atoms with E-state index in [4.69, 9.17) is 11.6 Å². The Morgan fingerprint density at radius 1 is 1.22 bits per heavy atom. The average molecular weight is 340 g/mol. The number of rotatable bonds is 5. The van der Waals surface area contributed by atoms with Crippen LogP contribution in [0.1, 0.15) is 24.1 Å². The SMILES string of the molecule is Cc1ccc(NC(=O)C[NH2+][C@H](C)c2ccc(F)c(F)c2)c(Cl)c1. The van der Waals surface area contributed by atoms with Crippen molar-refractivity contribution in [2.24, 2.45) is 0 Å². The summed E-state index contributed by atoms with van der Waals surface area (Å²) in [5.41, 5.74) is 2.17. The minimum absolute atomic E-state index is 0.143. The molecule has 1 atom stereocenters. The average Bonchev–Trinajstić information content (AvgIpc) is 2.50. The number of quaternary nitrogens is 1. The van der Waals surface area contributed by atoms with Crippen LogP contribution in [0.4, 0.5) is 14.5 Å². The highest BCUT2D eigenvalue weighted by Crippen LogP contribution is 2.22. The van der Waals surface area contributed by atoms with Crippen LogP contribution >= 0.6 is 11.6 Å². The van der Waals surface area contributed by atoms with E-state index in [2.05, 4.69) is 5.32 Å². The molecule has 0 aromatic heterocycles. The van der Waals surface area contributed by atoms with E-state index in [1.807, 2.05) is 19.9 Å². The highest BCUT2D eigenvalue weighted by atomic mass is 35.5. The van der Waals surface area contributed by atoms with E-state index in [9.17, 15) is 13.6 Å². The van der Waals surface area contributed by atoms with Gasteiger partial charge in [0, 0.05) is 5.56 Å². The first-order valence-electron chi connectivity index (χ1n) is 7.21. The van der Waals surface area contributed by atoms with Crippen molar-refractivity contribution in [3.8, 4) is 0 Å². The maximum atomic E-state index is 13.2. The summed E-state index contributed by atoms with van der Waals surface area (Å²) in [5.74, 6) is -1.99. The van der Waals surface area contributed by atoms with Gasteiger partial charge in [-0.25, -0.2) is 8.78 Å². The van der Waals surface area contributed by atoms with E-state index < -0.39 is 11.6 Å². The molecule has 0 aliphatic carbocycles. The first-order chi connectivity index (χ1) is 10.9. The molecule has 2 aromatic carbocycles. The molecule has 1 amide bonds. The van der Waals surface area contributed by atoms with Crippen LogP contribution in [0.5, 0.6) is 0 Å². The van der Waals surface area contributed by atoms with E-state index in [0.717, 1.165) is 17.7 Å². The largest absolute Gasteiger partial charge is 0.333 e. The Labute approximate surface area is 138 Å². The van der Waals surface area contributed by atoms with Crippen LogP contribution in [-0.2, 0) is 4.79 Å². The fourth-order valence-electron chi connectivity index (χ4n) is 2.14. The summed E-state index contributed by atoms with van der Waals surface area (Å²) in [4.78, 5) is 12.0. The van der Waals surface area contributed by atoms with Crippen molar-refractivity contribution in [3.05, 3.63) is 64.2 Å². The molecular weight excluding hydrogens is 322 g/mol. The molecule has 122 valence electrons. The van der Waals surface area contributed by atoms with E-state index >= 15 is 0 Å². The second kappa shape index (κ2) is 7.53. The molecule has 0 saturated carbocycles.